The highest BCUT2D eigenvalue weighted by molar-refractivity contribution is 5.84. The van der Waals surface area contributed by atoms with Crippen molar-refractivity contribution in [1.29, 1.82) is 0 Å². The summed E-state index contributed by atoms with van der Waals surface area (Å²) in [6, 6.07) is 0. The van der Waals surface area contributed by atoms with Crippen LogP contribution in [-0.4, -0.2) is 37.3 Å². The van der Waals surface area contributed by atoms with Gasteiger partial charge in [0.05, 0.1) is 5.41 Å². The van der Waals surface area contributed by atoms with Crippen molar-refractivity contribution in [3.05, 3.63) is 0 Å². The average molecular weight is 296 g/mol. The number of amides is 1. The standard InChI is InChI=1S/C17H32N2O2/c1-3-16(4-2,9-10-20)12-19-15(21)17-8-6-5-7-14(17)11-18-13-17/h14,18,20H,3-13H2,1-2H3,(H,19,21)/t14-,17+/m0/s1. The molecule has 0 aromatic rings. The minimum atomic E-state index is -0.162. The summed E-state index contributed by atoms with van der Waals surface area (Å²) in [6.45, 7) is 7.06. The van der Waals surface area contributed by atoms with Crippen LogP contribution in [0.1, 0.15) is 58.8 Å². The van der Waals surface area contributed by atoms with E-state index in [-0.39, 0.29) is 23.3 Å². The van der Waals surface area contributed by atoms with Crippen LogP contribution < -0.4 is 10.6 Å². The van der Waals surface area contributed by atoms with Gasteiger partial charge in [0.1, 0.15) is 0 Å². The van der Waals surface area contributed by atoms with Crippen molar-refractivity contribution in [3.8, 4) is 0 Å². The second kappa shape index (κ2) is 7.10. The van der Waals surface area contributed by atoms with E-state index in [0.29, 0.717) is 12.5 Å². The molecule has 0 bridgehead atoms. The minimum absolute atomic E-state index is 0.0528. The first-order valence-corrected chi connectivity index (χ1v) is 8.72. The van der Waals surface area contributed by atoms with E-state index in [1.165, 1.54) is 19.3 Å². The summed E-state index contributed by atoms with van der Waals surface area (Å²) in [4.78, 5) is 12.9. The van der Waals surface area contributed by atoms with Crippen LogP contribution in [0.15, 0.2) is 0 Å². The highest BCUT2D eigenvalue weighted by Crippen LogP contribution is 2.44. The van der Waals surface area contributed by atoms with Crippen molar-refractivity contribution in [2.45, 2.75) is 58.8 Å². The third-order valence-electron chi connectivity index (χ3n) is 6.26. The number of carbonyl (C=O) groups is 1. The summed E-state index contributed by atoms with van der Waals surface area (Å²) in [5.74, 6) is 0.767. The molecule has 4 nitrogen and oxygen atoms in total. The molecule has 0 radical (unpaired) electrons. The fourth-order valence-corrected chi connectivity index (χ4v) is 4.31. The van der Waals surface area contributed by atoms with Crippen molar-refractivity contribution in [1.82, 2.24) is 10.6 Å². The van der Waals surface area contributed by atoms with Crippen LogP contribution >= 0.6 is 0 Å². The summed E-state index contributed by atoms with van der Waals surface area (Å²) in [5, 5.41) is 16.0. The molecule has 0 aromatic heterocycles. The van der Waals surface area contributed by atoms with Gasteiger partial charge in [0.2, 0.25) is 5.91 Å². The molecule has 122 valence electrons. The van der Waals surface area contributed by atoms with Gasteiger partial charge in [-0.2, -0.15) is 0 Å². The summed E-state index contributed by atoms with van der Waals surface area (Å²) in [5.41, 5.74) is -0.109. The van der Waals surface area contributed by atoms with Gasteiger partial charge in [0, 0.05) is 19.7 Å². The lowest BCUT2D eigenvalue weighted by Crippen LogP contribution is -2.50. The Kier molecular flexibility index (Phi) is 5.67. The van der Waals surface area contributed by atoms with Crippen LogP contribution in [0.4, 0.5) is 0 Å². The lowest BCUT2D eigenvalue weighted by atomic mass is 9.67. The smallest absolute Gasteiger partial charge is 0.227 e. The highest BCUT2D eigenvalue weighted by atomic mass is 16.3. The third-order valence-corrected chi connectivity index (χ3v) is 6.26. The van der Waals surface area contributed by atoms with E-state index < -0.39 is 0 Å². The Morgan fingerprint density at radius 1 is 1.38 bits per heavy atom. The van der Waals surface area contributed by atoms with Crippen molar-refractivity contribution >= 4 is 5.91 Å². The second-order valence-electron chi connectivity index (χ2n) is 7.09. The Morgan fingerprint density at radius 3 is 2.81 bits per heavy atom. The zero-order chi connectivity index (χ0) is 15.3. The van der Waals surface area contributed by atoms with Crippen molar-refractivity contribution in [2.75, 3.05) is 26.2 Å². The van der Waals surface area contributed by atoms with Crippen LogP contribution in [0.5, 0.6) is 0 Å². The maximum atomic E-state index is 12.9. The van der Waals surface area contributed by atoms with Gasteiger partial charge >= 0.3 is 0 Å². The maximum Gasteiger partial charge on any atom is 0.227 e. The molecule has 2 atom stereocenters. The van der Waals surface area contributed by atoms with Crippen molar-refractivity contribution in [2.24, 2.45) is 16.7 Å². The van der Waals surface area contributed by atoms with Crippen molar-refractivity contribution < 1.29 is 9.90 Å². The van der Waals surface area contributed by atoms with E-state index in [1.807, 2.05) is 0 Å². The lowest BCUT2D eigenvalue weighted by molar-refractivity contribution is -0.134. The fourth-order valence-electron chi connectivity index (χ4n) is 4.31. The third kappa shape index (κ3) is 3.26. The molecule has 3 N–H and O–H groups in total. The first-order chi connectivity index (χ1) is 10.1. The first-order valence-electron chi connectivity index (χ1n) is 8.72. The molecule has 2 aliphatic rings. The van der Waals surface area contributed by atoms with Gasteiger partial charge in [0.15, 0.2) is 0 Å². The molecule has 0 spiro atoms. The molecule has 2 rings (SSSR count). The Bertz CT molecular complexity index is 355. The fraction of sp³-hybridized carbons (Fsp3) is 0.941. The summed E-state index contributed by atoms with van der Waals surface area (Å²) >= 11 is 0. The van der Waals surface area contributed by atoms with E-state index in [2.05, 4.69) is 24.5 Å². The van der Waals surface area contributed by atoms with E-state index in [0.717, 1.165) is 38.8 Å². The van der Waals surface area contributed by atoms with Crippen LogP contribution in [0.2, 0.25) is 0 Å². The van der Waals surface area contributed by atoms with Gasteiger partial charge < -0.3 is 15.7 Å². The zero-order valence-electron chi connectivity index (χ0n) is 13.7. The normalized spacial score (nSPS) is 29.2. The number of fused-ring (bicyclic) bond motifs is 1. The lowest BCUT2D eigenvalue weighted by Gasteiger charge is -2.39. The topological polar surface area (TPSA) is 61.4 Å². The van der Waals surface area contributed by atoms with Crippen molar-refractivity contribution in [3.63, 3.8) is 0 Å². The predicted octanol–water partition coefficient (Wildman–Crippen LogP) is 2.07. The van der Waals surface area contributed by atoms with E-state index in [9.17, 15) is 9.90 Å². The predicted molar refractivity (Wildman–Crippen MR) is 85.0 cm³/mol. The first kappa shape index (κ1) is 16.8. The molecule has 2 fully saturated rings. The number of hydrogen-bond acceptors (Lipinski definition) is 3. The number of hydrogen-bond donors (Lipinski definition) is 3. The zero-order valence-corrected chi connectivity index (χ0v) is 13.7. The Morgan fingerprint density at radius 2 is 2.14 bits per heavy atom. The van der Waals surface area contributed by atoms with Crippen LogP contribution in [0.3, 0.4) is 0 Å². The number of aliphatic hydroxyl groups excluding tert-OH is 1. The Hall–Kier alpha value is -0.610. The molecule has 0 unspecified atom stereocenters. The molecule has 0 aromatic carbocycles. The van der Waals surface area contributed by atoms with Gasteiger partial charge in [0.25, 0.3) is 0 Å². The molecule has 1 saturated heterocycles. The molecule has 1 amide bonds. The SMILES string of the molecule is CCC(CC)(CCO)CNC(=O)[C@@]12CCCC[C@H]1CNC2. The van der Waals surface area contributed by atoms with E-state index >= 15 is 0 Å². The molecule has 1 saturated carbocycles. The number of carbonyl (C=O) groups excluding carboxylic acids is 1. The summed E-state index contributed by atoms with van der Waals surface area (Å²) in [6.07, 6.45) is 7.42. The number of rotatable bonds is 7. The maximum absolute atomic E-state index is 12.9. The minimum Gasteiger partial charge on any atom is -0.396 e. The quantitative estimate of drug-likeness (QED) is 0.674. The van der Waals surface area contributed by atoms with Gasteiger partial charge in [-0.25, -0.2) is 0 Å². The van der Waals surface area contributed by atoms with E-state index in [1.54, 1.807) is 0 Å². The largest absolute Gasteiger partial charge is 0.396 e. The monoisotopic (exact) mass is 296 g/mol. The molecular weight excluding hydrogens is 264 g/mol. The summed E-state index contributed by atoms with van der Waals surface area (Å²) < 4.78 is 0. The van der Waals surface area contributed by atoms with Crippen LogP contribution in [0, 0.1) is 16.7 Å². The summed E-state index contributed by atoms with van der Waals surface area (Å²) in [7, 11) is 0. The second-order valence-corrected chi connectivity index (χ2v) is 7.09. The van der Waals surface area contributed by atoms with Gasteiger partial charge in [-0.05, 0) is 50.0 Å². The highest BCUT2D eigenvalue weighted by Gasteiger charge is 2.49. The Labute approximate surface area is 129 Å². The van der Waals surface area contributed by atoms with Crippen LogP contribution in [0.25, 0.3) is 0 Å². The molecular formula is C17H32N2O2. The molecule has 1 aliphatic heterocycles. The molecule has 1 aliphatic carbocycles. The van der Waals surface area contributed by atoms with Gasteiger partial charge in [-0.3, -0.25) is 4.79 Å². The Balaban J connectivity index is 2.00. The average Bonchev–Trinajstić information content (AvgIpc) is 2.96. The van der Waals surface area contributed by atoms with Crippen LogP contribution in [-0.2, 0) is 4.79 Å². The number of aliphatic hydroxyl groups is 1. The molecule has 1 heterocycles. The molecule has 4 heteroatoms. The molecule has 21 heavy (non-hydrogen) atoms. The number of nitrogens with one attached hydrogen (secondary N) is 2. The van der Waals surface area contributed by atoms with E-state index in [4.69, 9.17) is 0 Å². The van der Waals surface area contributed by atoms with Gasteiger partial charge in [-0.15, -0.1) is 0 Å². The van der Waals surface area contributed by atoms with Gasteiger partial charge in [-0.1, -0.05) is 26.7 Å².